The third kappa shape index (κ3) is 2.91. The van der Waals surface area contributed by atoms with E-state index in [4.69, 9.17) is 0 Å². The van der Waals surface area contributed by atoms with Gasteiger partial charge in [0, 0.05) is 12.1 Å². The zero-order valence-corrected chi connectivity index (χ0v) is 10.4. The summed E-state index contributed by atoms with van der Waals surface area (Å²) in [5, 5.41) is 13.6. The third-order valence-electron chi connectivity index (χ3n) is 2.84. The van der Waals surface area contributed by atoms with Crippen LogP contribution in [-0.2, 0) is 11.3 Å². The van der Waals surface area contributed by atoms with Crippen molar-refractivity contribution in [2.24, 2.45) is 0 Å². The van der Waals surface area contributed by atoms with Crippen molar-refractivity contribution in [2.45, 2.75) is 26.8 Å². The molecule has 0 unspecified atom stereocenters. The van der Waals surface area contributed by atoms with Crippen LogP contribution in [0.25, 0.3) is 0 Å². The average molecular weight is 245 g/mol. The van der Waals surface area contributed by atoms with E-state index in [9.17, 15) is 4.79 Å². The summed E-state index contributed by atoms with van der Waals surface area (Å²) in [5.74, 6) is -0.0424. The first-order chi connectivity index (χ1) is 8.66. The Balaban J connectivity index is 1.93. The highest BCUT2D eigenvalue weighted by atomic mass is 16.1. The van der Waals surface area contributed by atoms with E-state index in [2.05, 4.69) is 20.8 Å². The molecule has 0 saturated carbocycles. The van der Waals surface area contributed by atoms with Gasteiger partial charge in [0.2, 0.25) is 5.91 Å². The molecule has 2 aromatic rings. The number of benzene rings is 1. The second kappa shape index (κ2) is 5.39. The Kier molecular flexibility index (Phi) is 3.66. The number of hydrogen-bond acceptors (Lipinski definition) is 4. The van der Waals surface area contributed by atoms with Crippen LogP contribution < -0.4 is 5.32 Å². The molecule has 1 aromatic carbocycles. The third-order valence-corrected chi connectivity index (χ3v) is 2.84. The monoisotopic (exact) mass is 245 g/mol. The Labute approximate surface area is 105 Å². The lowest BCUT2D eigenvalue weighted by molar-refractivity contribution is -0.116. The zero-order chi connectivity index (χ0) is 13.0. The average Bonchev–Trinajstić information content (AvgIpc) is 2.86. The van der Waals surface area contributed by atoms with Gasteiger partial charge in [0.25, 0.3) is 0 Å². The van der Waals surface area contributed by atoms with Crippen molar-refractivity contribution in [3.05, 3.63) is 35.7 Å². The Morgan fingerprint density at radius 3 is 2.94 bits per heavy atom. The highest BCUT2D eigenvalue weighted by molar-refractivity contribution is 5.91. The highest BCUT2D eigenvalue weighted by Gasteiger charge is 2.06. The van der Waals surface area contributed by atoms with Gasteiger partial charge in [-0.3, -0.25) is 4.79 Å². The van der Waals surface area contributed by atoms with Crippen LogP contribution in [0.15, 0.2) is 24.5 Å². The van der Waals surface area contributed by atoms with Gasteiger partial charge in [0.05, 0.1) is 6.54 Å². The zero-order valence-electron chi connectivity index (χ0n) is 10.4. The summed E-state index contributed by atoms with van der Waals surface area (Å²) < 4.78 is 1.53. The predicted molar refractivity (Wildman–Crippen MR) is 67.0 cm³/mol. The van der Waals surface area contributed by atoms with Crippen molar-refractivity contribution < 1.29 is 4.79 Å². The van der Waals surface area contributed by atoms with Crippen LogP contribution in [0.3, 0.4) is 0 Å². The van der Waals surface area contributed by atoms with E-state index >= 15 is 0 Å². The van der Waals surface area contributed by atoms with Crippen molar-refractivity contribution >= 4 is 11.6 Å². The van der Waals surface area contributed by atoms with E-state index in [0.717, 1.165) is 16.8 Å². The molecule has 1 aromatic heterocycles. The van der Waals surface area contributed by atoms with Crippen molar-refractivity contribution in [1.29, 1.82) is 0 Å². The lowest BCUT2D eigenvalue weighted by Crippen LogP contribution is -2.15. The number of carbonyl (C=O) groups excluding carboxylic acids is 1. The molecule has 2 rings (SSSR count). The van der Waals surface area contributed by atoms with Gasteiger partial charge < -0.3 is 5.32 Å². The number of nitrogens with zero attached hydrogens (tertiary/aromatic N) is 4. The summed E-state index contributed by atoms with van der Waals surface area (Å²) in [7, 11) is 0. The summed E-state index contributed by atoms with van der Waals surface area (Å²) in [5.41, 5.74) is 3.11. The molecule has 0 saturated heterocycles. The smallest absolute Gasteiger partial charge is 0.226 e. The molecule has 6 heteroatoms. The van der Waals surface area contributed by atoms with E-state index in [1.807, 2.05) is 32.0 Å². The number of nitrogens with one attached hydrogen (secondary N) is 1. The number of aromatic nitrogens is 4. The minimum atomic E-state index is -0.0424. The summed E-state index contributed by atoms with van der Waals surface area (Å²) in [6.45, 7) is 4.49. The van der Waals surface area contributed by atoms with Crippen LogP contribution in [0.5, 0.6) is 0 Å². The molecule has 18 heavy (non-hydrogen) atoms. The Bertz CT molecular complexity index is 535. The number of anilines is 1. The van der Waals surface area contributed by atoms with Crippen LogP contribution in [0.2, 0.25) is 0 Å². The molecule has 1 heterocycles. The number of rotatable bonds is 4. The highest BCUT2D eigenvalue weighted by Crippen LogP contribution is 2.17. The van der Waals surface area contributed by atoms with Crippen molar-refractivity contribution in [3.63, 3.8) is 0 Å². The standard InChI is InChI=1S/C12H15N5O/c1-9-4-3-5-11(10(9)2)14-12(18)6-7-17-8-13-15-16-17/h3-5,8H,6-7H2,1-2H3,(H,14,18). The lowest BCUT2D eigenvalue weighted by Gasteiger charge is -2.10. The molecule has 1 N–H and O–H groups in total. The van der Waals surface area contributed by atoms with E-state index in [1.54, 1.807) is 0 Å². The topological polar surface area (TPSA) is 72.7 Å². The lowest BCUT2D eigenvalue weighted by atomic mass is 10.1. The molecular formula is C12H15N5O. The fourth-order valence-corrected chi connectivity index (χ4v) is 1.60. The molecule has 1 amide bonds. The molecule has 0 aliphatic rings. The molecule has 0 bridgehead atoms. The second-order valence-electron chi connectivity index (χ2n) is 4.12. The molecule has 0 aliphatic heterocycles. The van der Waals surface area contributed by atoms with E-state index < -0.39 is 0 Å². The number of aryl methyl sites for hydroxylation is 2. The van der Waals surface area contributed by atoms with Gasteiger partial charge in [-0.15, -0.1) is 5.10 Å². The maximum atomic E-state index is 11.8. The van der Waals surface area contributed by atoms with Crippen LogP contribution >= 0.6 is 0 Å². The van der Waals surface area contributed by atoms with Gasteiger partial charge in [-0.05, 0) is 41.5 Å². The summed E-state index contributed by atoms with van der Waals surface area (Å²) in [6.07, 6.45) is 1.84. The van der Waals surface area contributed by atoms with Crippen molar-refractivity contribution in [2.75, 3.05) is 5.32 Å². The summed E-state index contributed by atoms with van der Waals surface area (Å²) in [6, 6.07) is 5.85. The molecule has 0 aliphatic carbocycles. The van der Waals surface area contributed by atoms with Crippen LogP contribution in [0.4, 0.5) is 5.69 Å². The predicted octanol–water partition coefficient (Wildman–Crippen LogP) is 1.32. The maximum Gasteiger partial charge on any atom is 0.226 e. The molecule has 94 valence electrons. The fourth-order valence-electron chi connectivity index (χ4n) is 1.60. The Hall–Kier alpha value is -2.24. The number of tetrazole rings is 1. The molecule has 0 atom stereocenters. The Morgan fingerprint density at radius 2 is 2.22 bits per heavy atom. The normalized spacial score (nSPS) is 10.3. The minimum absolute atomic E-state index is 0.0424. The van der Waals surface area contributed by atoms with Crippen LogP contribution in [0, 0.1) is 13.8 Å². The molecule has 0 radical (unpaired) electrons. The van der Waals surface area contributed by atoms with E-state index in [-0.39, 0.29) is 5.91 Å². The fraction of sp³-hybridized carbons (Fsp3) is 0.333. The minimum Gasteiger partial charge on any atom is -0.326 e. The number of carbonyl (C=O) groups is 1. The number of amides is 1. The van der Waals surface area contributed by atoms with Gasteiger partial charge in [-0.1, -0.05) is 12.1 Å². The first-order valence-electron chi connectivity index (χ1n) is 5.73. The second-order valence-corrected chi connectivity index (χ2v) is 4.12. The molecule has 0 fully saturated rings. The van der Waals surface area contributed by atoms with Gasteiger partial charge in [-0.2, -0.15) is 0 Å². The van der Waals surface area contributed by atoms with Crippen molar-refractivity contribution in [1.82, 2.24) is 20.2 Å². The van der Waals surface area contributed by atoms with Crippen LogP contribution in [-0.4, -0.2) is 26.1 Å². The summed E-state index contributed by atoms with van der Waals surface area (Å²) >= 11 is 0. The SMILES string of the molecule is Cc1cccc(NC(=O)CCn2cnnn2)c1C. The van der Waals surface area contributed by atoms with Gasteiger partial charge in [0.1, 0.15) is 6.33 Å². The van der Waals surface area contributed by atoms with Gasteiger partial charge in [-0.25, -0.2) is 4.68 Å². The van der Waals surface area contributed by atoms with E-state index in [1.165, 1.54) is 11.0 Å². The molecule has 6 nitrogen and oxygen atoms in total. The van der Waals surface area contributed by atoms with Gasteiger partial charge in [0.15, 0.2) is 0 Å². The van der Waals surface area contributed by atoms with Crippen molar-refractivity contribution in [3.8, 4) is 0 Å². The Morgan fingerprint density at radius 1 is 1.39 bits per heavy atom. The van der Waals surface area contributed by atoms with Crippen LogP contribution in [0.1, 0.15) is 17.5 Å². The summed E-state index contributed by atoms with van der Waals surface area (Å²) in [4.78, 5) is 11.8. The number of hydrogen-bond donors (Lipinski definition) is 1. The van der Waals surface area contributed by atoms with E-state index in [0.29, 0.717) is 13.0 Å². The quantitative estimate of drug-likeness (QED) is 0.881. The van der Waals surface area contributed by atoms with Gasteiger partial charge >= 0.3 is 0 Å². The molecule has 0 spiro atoms. The first kappa shape index (κ1) is 12.2. The molecular weight excluding hydrogens is 230 g/mol. The maximum absolute atomic E-state index is 11.8. The first-order valence-corrected chi connectivity index (χ1v) is 5.73. The largest absolute Gasteiger partial charge is 0.326 e.